The number of nitrogens with one attached hydrogen (secondary N) is 1. The van der Waals surface area contributed by atoms with E-state index in [1.165, 1.54) is 0 Å². The maximum absolute atomic E-state index is 12.7. The lowest BCUT2D eigenvalue weighted by Gasteiger charge is -2.27. The Balaban J connectivity index is 1.89. The number of nitrogens with two attached hydrogens (primary N) is 1. The highest BCUT2D eigenvalue weighted by Gasteiger charge is 2.39. The SMILES string of the molecule is N=C(N)CCCCN1CCn2c(nnc2C(F)(F)F)C1. The molecule has 9 heteroatoms. The van der Waals surface area contributed by atoms with Gasteiger partial charge in [-0.2, -0.15) is 13.2 Å². The van der Waals surface area contributed by atoms with Gasteiger partial charge in [0.05, 0.1) is 12.4 Å². The quantitative estimate of drug-likeness (QED) is 0.485. The summed E-state index contributed by atoms with van der Waals surface area (Å²) in [6, 6.07) is 0. The lowest BCUT2D eigenvalue weighted by Crippen LogP contribution is -2.36. The van der Waals surface area contributed by atoms with Gasteiger partial charge in [-0.1, -0.05) is 0 Å². The highest BCUT2D eigenvalue weighted by molar-refractivity contribution is 5.76. The van der Waals surface area contributed by atoms with Gasteiger partial charge in [0.2, 0.25) is 5.82 Å². The fraction of sp³-hybridized carbons (Fsp3) is 0.727. The van der Waals surface area contributed by atoms with Crippen LogP contribution in [0.1, 0.15) is 30.9 Å². The Labute approximate surface area is 114 Å². The molecule has 0 radical (unpaired) electrons. The van der Waals surface area contributed by atoms with Crippen molar-refractivity contribution in [2.75, 3.05) is 13.1 Å². The topological polar surface area (TPSA) is 83.8 Å². The first kappa shape index (κ1) is 14.8. The van der Waals surface area contributed by atoms with Gasteiger partial charge in [0.1, 0.15) is 5.82 Å². The second kappa shape index (κ2) is 5.78. The predicted molar refractivity (Wildman–Crippen MR) is 66.1 cm³/mol. The van der Waals surface area contributed by atoms with Crippen molar-refractivity contribution < 1.29 is 13.2 Å². The zero-order chi connectivity index (χ0) is 14.8. The van der Waals surface area contributed by atoms with E-state index in [0.717, 1.165) is 24.0 Å². The van der Waals surface area contributed by atoms with E-state index in [4.69, 9.17) is 11.1 Å². The Morgan fingerprint density at radius 1 is 1.25 bits per heavy atom. The number of fused-ring (bicyclic) bond motifs is 1. The Morgan fingerprint density at radius 3 is 2.65 bits per heavy atom. The third-order valence-electron chi connectivity index (χ3n) is 3.26. The Hall–Kier alpha value is -1.64. The van der Waals surface area contributed by atoms with E-state index in [-0.39, 0.29) is 12.4 Å². The molecule has 0 amide bonds. The zero-order valence-corrected chi connectivity index (χ0v) is 10.9. The van der Waals surface area contributed by atoms with E-state index in [9.17, 15) is 13.2 Å². The molecule has 1 aromatic rings. The predicted octanol–water partition coefficient (Wildman–Crippen LogP) is 1.22. The summed E-state index contributed by atoms with van der Waals surface area (Å²) in [5.74, 6) is -0.392. The minimum Gasteiger partial charge on any atom is -0.388 e. The van der Waals surface area contributed by atoms with Crippen LogP contribution in [0, 0.1) is 5.41 Å². The van der Waals surface area contributed by atoms with Crippen LogP contribution in [0.3, 0.4) is 0 Å². The summed E-state index contributed by atoms with van der Waals surface area (Å²) >= 11 is 0. The van der Waals surface area contributed by atoms with Gasteiger partial charge in [0.25, 0.3) is 0 Å². The highest BCUT2D eigenvalue weighted by atomic mass is 19.4. The molecule has 0 aromatic carbocycles. The van der Waals surface area contributed by atoms with Gasteiger partial charge in [0.15, 0.2) is 0 Å². The first-order valence-electron chi connectivity index (χ1n) is 6.42. The Bertz CT molecular complexity index is 481. The first-order valence-corrected chi connectivity index (χ1v) is 6.42. The maximum atomic E-state index is 12.7. The standard InChI is InChI=1S/C11H17F3N6/c12-11(13,14)10-18-17-9-7-19(5-6-20(9)10)4-2-1-3-8(15)16/h1-7H2,(H3,15,16). The van der Waals surface area contributed by atoms with Gasteiger partial charge in [-0.15, -0.1) is 10.2 Å². The summed E-state index contributed by atoms with van der Waals surface area (Å²) in [6.07, 6.45) is -2.22. The van der Waals surface area contributed by atoms with Crippen molar-refractivity contribution in [3.05, 3.63) is 11.6 Å². The van der Waals surface area contributed by atoms with Crippen LogP contribution < -0.4 is 5.73 Å². The Kier molecular flexibility index (Phi) is 4.26. The van der Waals surface area contributed by atoms with Crippen LogP contribution in [0.4, 0.5) is 13.2 Å². The van der Waals surface area contributed by atoms with Crippen molar-refractivity contribution in [3.63, 3.8) is 0 Å². The smallest absolute Gasteiger partial charge is 0.388 e. The summed E-state index contributed by atoms with van der Waals surface area (Å²) in [4.78, 5) is 2.05. The van der Waals surface area contributed by atoms with Crippen LogP contribution in [0.25, 0.3) is 0 Å². The molecule has 1 aliphatic rings. The average Bonchev–Trinajstić information content (AvgIpc) is 2.77. The number of hydrogen-bond acceptors (Lipinski definition) is 4. The van der Waals surface area contributed by atoms with E-state index in [2.05, 4.69) is 10.2 Å². The van der Waals surface area contributed by atoms with Gasteiger partial charge >= 0.3 is 6.18 Å². The second-order valence-electron chi connectivity index (χ2n) is 4.85. The maximum Gasteiger partial charge on any atom is 0.451 e. The normalized spacial score (nSPS) is 16.1. The monoisotopic (exact) mass is 290 g/mol. The molecule has 6 nitrogen and oxygen atoms in total. The molecule has 0 bridgehead atoms. The van der Waals surface area contributed by atoms with Crippen LogP contribution in [0.15, 0.2) is 0 Å². The lowest BCUT2D eigenvalue weighted by molar-refractivity contribution is -0.148. The average molecular weight is 290 g/mol. The number of hydrogen-bond donors (Lipinski definition) is 2. The number of unbranched alkanes of at least 4 members (excludes halogenated alkanes) is 1. The molecule has 20 heavy (non-hydrogen) atoms. The van der Waals surface area contributed by atoms with E-state index in [0.29, 0.717) is 25.3 Å². The molecule has 1 aliphatic heterocycles. The van der Waals surface area contributed by atoms with Crippen molar-refractivity contribution in [1.29, 1.82) is 5.41 Å². The van der Waals surface area contributed by atoms with Crippen LogP contribution in [0.2, 0.25) is 0 Å². The van der Waals surface area contributed by atoms with E-state index in [1.54, 1.807) is 0 Å². The van der Waals surface area contributed by atoms with Gasteiger partial charge in [-0.05, 0) is 19.4 Å². The minimum atomic E-state index is -4.45. The second-order valence-corrected chi connectivity index (χ2v) is 4.85. The zero-order valence-electron chi connectivity index (χ0n) is 10.9. The van der Waals surface area contributed by atoms with Crippen LogP contribution >= 0.6 is 0 Å². The van der Waals surface area contributed by atoms with Crippen LogP contribution in [0.5, 0.6) is 0 Å². The number of amidine groups is 1. The number of halogens is 3. The van der Waals surface area contributed by atoms with Gasteiger partial charge < -0.3 is 10.3 Å². The molecule has 0 fully saturated rings. The molecule has 0 unspecified atom stereocenters. The molecule has 0 spiro atoms. The fourth-order valence-electron chi connectivity index (χ4n) is 2.26. The number of alkyl halides is 3. The molecule has 0 saturated carbocycles. The molecule has 0 saturated heterocycles. The Morgan fingerprint density at radius 2 is 2.00 bits per heavy atom. The molecule has 1 aromatic heterocycles. The fourth-order valence-corrected chi connectivity index (χ4v) is 2.26. The van der Waals surface area contributed by atoms with Crippen molar-refractivity contribution in [2.24, 2.45) is 5.73 Å². The van der Waals surface area contributed by atoms with Crippen molar-refractivity contribution in [3.8, 4) is 0 Å². The molecule has 112 valence electrons. The third kappa shape index (κ3) is 3.47. The largest absolute Gasteiger partial charge is 0.451 e. The molecule has 0 atom stereocenters. The van der Waals surface area contributed by atoms with Crippen molar-refractivity contribution in [2.45, 2.75) is 38.5 Å². The molecule has 0 aliphatic carbocycles. The molecule has 3 N–H and O–H groups in total. The summed E-state index contributed by atoms with van der Waals surface area (Å²) in [6.45, 7) is 1.95. The van der Waals surface area contributed by atoms with Crippen LogP contribution in [-0.2, 0) is 19.3 Å². The van der Waals surface area contributed by atoms with E-state index < -0.39 is 12.0 Å². The first-order chi connectivity index (χ1) is 9.38. The van der Waals surface area contributed by atoms with Gasteiger partial charge in [0, 0.05) is 19.5 Å². The van der Waals surface area contributed by atoms with Crippen LogP contribution in [-0.4, -0.2) is 38.6 Å². The summed E-state index contributed by atoms with van der Waals surface area (Å²) in [5, 5.41) is 14.0. The van der Waals surface area contributed by atoms with Gasteiger partial charge in [-0.3, -0.25) is 10.3 Å². The molecule has 2 rings (SSSR count). The van der Waals surface area contributed by atoms with Gasteiger partial charge in [-0.25, -0.2) is 0 Å². The summed E-state index contributed by atoms with van der Waals surface area (Å²) < 4.78 is 39.1. The number of nitrogens with zero attached hydrogens (tertiary/aromatic N) is 4. The minimum absolute atomic E-state index is 0.165. The molecular formula is C11H17F3N6. The van der Waals surface area contributed by atoms with Crippen molar-refractivity contribution in [1.82, 2.24) is 19.7 Å². The summed E-state index contributed by atoms with van der Waals surface area (Å²) in [5.41, 5.74) is 5.26. The summed E-state index contributed by atoms with van der Waals surface area (Å²) in [7, 11) is 0. The van der Waals surface area contributed by atoms with Crippen molar-refractivity contribution >= 4 is 5.84 Å². The third-order valence-corrected chi connectivity index (χ3v) is 3.26. The molecule has 2 heterocycles. The van der Waals surface area contributed by atoms with E-state index in [1.807, 2.05) is 4.90 Å². The lowest BCUT2D eigenvalue weighted by atomic mass is 10.2. The number of rotatable bonds is 5. The highest BCUT2D eigenvalue weighted by Crippen LogP contribution is 2.29. The van der Waals surface area contributed by atoms with E-state index >= 15 is 0 Å². The molecular weight excluding hydrogens is 273 g/mol. The number of aromatic nitrogens is 3.